The highest BCUT2D eigenvalue weighted by Gasteiger charge is 2.07. The highest BCUT2D eigenvalue weighted by atomic mass is 79.9. The van der Waals surface area contributed by atoms with Crippen LogP contribution in [0.3, 0.4) is 0 Å². The molecule has 0 aliphatic heterocycles. The third-order valence-electron chi connectivity index (χ3n) is 1.53. The Morgan fingerprint density at radius 1 is 1.25 bits per heavy atom. The van der Waals surface area contributed by atoms with E-state index in [0.29, 0.717) is 15.4 Å². The number of rotatable bonds is 2. The number of aliphatic hydroxyl groups is 1. The fourth-order valence-corrected chi connectivity index (χ4v) is 2.04. The quantitative estimate of drug-likeness (QED) is 0.880. The van der Waals surface area contributed by atoms with Crippen molar-refractivity contribution in [2.45, 2.75) is 6.42 Å². The van der Waals surface area contributed by atoms with Crippen LogP contribution in [0, 0.1) is 0 Å². The van der Waals surface area contributed by atoms with Crippen LogP contribution >= 0.6 is 31.9 Å². The minimum Gasteiger partial charge on any atom is -0.506 e. The summed E-state index contributed by atoms with van der Waals surface area (Å²) in [6.45, 7) is 0.0830. The first-order valence-corrected chi connectivity index (χ1v) is 5.02. The van der Waals surface area contributed by atoms with Gasteiger partial charge in [0, 0.05) is 6.61 Å². The van der Waals surface area contributed by atoms with Gasteiger partial charge in [0.15, 0.2) is 0 Å². The van der Waals surface area contributed by atoms with Gasteiger partial charge in [0.05, 0.1) is 8.95 Å². The second-order valence-corrected chi connectivity index (χ2v) is 3.99. The molecule has 0 fully saturated rings. The molecule has 0 amide bonds. The van der Waals surface area contributed by atoms with Gasteiger partial charge in [-0.1, -0.05) is 6.07 Å². The van der Waals surface area contributed by atoms with E-state index in [1.54, 1.807) is 6.07 Å². The van der Waals surface area contributed by atoms with Gasteiger partial charge in [-0.05, 0) is 49.9 Å². The number of aliphatic hydroxyl groups excluding tert-OH is 1. The summed E-state index contributed by atoms with van der Waals surface area (Å²) in [6.07, 6.45) is 0.543. The van der Waals surface area contributed by atoms with Gasteiger partial charge in [-0.2, -0.15) is 0 Å². The predicted molar refractivity (Wildman–Crippen MR) is 54.3 cm³/mol. The summed E-state index contributed by atoms with van der Waals surface area (Å²) in [5, 5.41) is 18.1. The fourth-order valence-electron chi connectivity index (χ4n) is 0.896. The molecule has 0 aliphatic rings. The van der Waals surface area contributed by atoms with Crippen molar-refractivity contribution >= 4 is 31.9 Å². The average Bonchev–Trinajstić information content (AvgIpc) is 2.07. The van der Waals surface area contributed by atoms with E-state index in [-0.39, 0.29) is 12.4 Å². The summed E-state index contributed by atoms with van der Waals surface area (Å²) in [7, 11) is 0. The first kappa shape index (κ1) is 10.0. The summed E-state index contributed by atoms with van der Waals surface area (Å²) in [6, 6.07) is 3.61. The van der Waals surface area contributed by atoms with Crippen molar-refractivity contribution in [3.63, 3.8) is 0 Å². The van der Waals surface area contributed by atoms with Crippen molar-refractivity contribution in [3.05, 3.63) is 26.6 Å². The van der Waals surface area contributed by atoms with E-state index < -0.39 is 0 Å². The highest BCUT2D eigenvalue weighted by molar-refractivity contribution is 9.11. The lowest BCUT2D eigenvalue weighted by Gasteiger charge is -2.05. The molecule has 4 heteroatoms. The number of hydrogen-bond donors (Lipinski definition) is 2. The summed E-state index contributed by atoms with van der Waals surface area (Å²) in [5.41, 5.74) is 0.901. The second kappa shape index (κ2) is 4.25. The van der Waals surface area contributed by atoms with E-state index in [4.69, 9.17) is 5.11 Å². The zero-order valence-electron chi connectivity index (χ0n) is 6.22. The molecule has 2 nitrogen and oxygen atoms in total. The molecule has 0 spiro atoms. The van der Waals surface area contributed by atoms with Gasteiger partial charge in [0.1, 0.15) is 5.75 Å². The van der Waals surface area contributed by atoms with E-state index in [1.165, 1.54) is 0 Å². The van der Waals surface area contributed by atoms with Crippen LogP contribution in [0.15, 0.2) is 21.1 Å². The van der Waals surface area contributed by atoms with Crippen molar-refractivity contribution in [2.24, 2.45) is 0 Å². The topological polar surface area (TPSA) is 40.5 Å². The van der Waals surface area contributed by atoms with Gasteiger partial charge in [-0.15, -0.1) is 0 Å². The Morgan fingerprint density at radius 3 is 2.50 bits per heavy atom. The molecule has 0 unspecified atom stereocenters. The van der Waals surface area contributed by atoms with Gasteiger partial charge in [-0.3, -0.25) is 0 Å². The van der Waals surface area contributed by atoms with Crippen molar-refractivity contribution in [2.75, 3.05) is 6.61 Å². The summed E-state index contributed by atoms with van der Waals surface area (Å²) >= 11 is 6.43. The minimum atomic E-state index is 0.0830. The monoisotopic (exact) mass is 294 g/mol. The molecule has 0 saturated carbocycles. The third-order valence-corrected chi connectivity index (χ3v) is 3.05. The van der Waals surface area contributed by atoms with Crippen molar-refractivity contribution in [1.29, 1.82) is 0 Å². The van der Waals surface area contributed by atoms with E-state index in [1.807, 2.05) is 6.07 Å². The third kappa shape index (κ3) is 2.00. The van der Waals surface area contributed by atoms with E-state index in [0.717, 1.165) is 5.56 Å². The second-order valence-electron chi connectivity index (χ2n) is 2.34. The maximum Gasteiger partial charge on any atom is 0.144 e. The standard InChI is InChI=1S/C8H8Br2O2/c9-6-2-1-5(3-4-11)7(10)8(6)12/h1-2,11-12H,3-4H2. The molecule has 0 radical (unpaired) electrons. The molecule has 66 valence electrons. The Balaban J connectivity index is 3.08. The van der Waals surface area contributed by atoms with Crippen LogP contribution < -0.4 is 0 Å². The molecular formula is C8H8Br2O2. The lowest BCUT2D eigenvalue weighted by atomic mass is 10.1. The molecule has 1 aromatic carbocycles. The molecule has 0 aliphatic carbocycles. The van der Waals surface area contributed by atoms with Crippen LogP contribution in [0.4, 0.5) is 0 Å². The van der Waals surface area contributed by atoms with Crippen molar-refractivity contribution in [1.82, 2.24) is 0 Å². The van der Waals surface area contributed by atoms with Crippen LogP contribution in [-0.4, -0.2) is 16.8 Å². The first-order valence-electron chi connectivity index (χ1n) is 3.43. The number of hydrogen-bond acceptors (Lipinski definition) is 2. The summed E-state index contributed by atoms with van der Waals surface area (Å²) in [4.78, 5) is 0. The van der Waals surface area contributed by atoms with E-state index in [9.17, 15) is 5.11 Å². The predicted octanol–water partition coefficient (Wildman–Crippen LogP) is 2.45. The zero-order valence-corrected chi connectivity index (χ0v) is 9.39. The van der Waals surface area contributed by atoms with Crippen LogP contribution in [0.2, 0.25) is 0 Å². The maximum atomic E-state index is 9.44. The molecule has 0 aromatic heterocycles. The smallest absolute Gasteiger partial charge is 0.144 e. The van der Waals surface area contributed by atoms with Gasteiger partial charge >= 0.3 is 0 Å². The lowest BCUT2D eigenvalue weighted by molar-refractivity contribution is 0.299. The molecule has 0 bridgehead atoms. The summed E-state index contributed by atoms with van der Waals surface area (Å²) in [5.74, 6) is 0.181. The Kier molecular flexibility index (Phi) is 3.55. The molecule has 0 saturated heterocycles. The van der Waals surface area contributed by atoms with Crippen LogP contribution in [0.25, 0.3) is 0 Å². The SMILES string of the molecule is OCCc1ccc(Br)c(O)c1Br. The first-order chi connectivity index (χ1) is 5.66. The molecule has 1 aromatic rings. The highest BCUT2D eigenvalue weighted by Crippen LogP contribution is 2.34. The Labute approximate surface area is 87.5 Å². The molecule has 12 heavy (non-hydrogen) atoms. The normalized spacial score (nSPS) is 10.2. The van der Waals surface area contributed by atoms with E-state index in [2.05, 4.69) is 31.9 Å². The zero-order chi connectivity index (χ0) is 9.14. The number of phenolic OH excluding ortho intramolecular Hbond substituents is 1. The molecule has 2 N–H and O–H groups in total. The largest absolute Gasteiger partial charge is 0.506 e. The van der Waals surface area contributed by atoms with E-state index >= 15 is 0 Å². The lowest BCUT2D eigenvalue weighted by Crippen LogP contribution is -1.91. The van der Waals surface area contributed by atoms with Gasteiger partial charge in [0.2, 0.25) is 0 Å². The van der Waals surface area contributed by atoms with Crippen LogP contribution in [0.1, 0.15) is 5.56 Å². The fraction of sp³-hybridized carbons (Fsp3) is 0.250. The van der Waals surface area contributed by atoms with Crippen molar-refractivity contribution < 1.29 is 10.2 Å². The number of halogens is 2. The van der Waals surface area contributed by atoms with Crippen LogP contribution in [-0.2, 0) is 6.42 Å². The van der Waals surface area contributed by atoms with Gasteiger partial charge in [-0.25, -0.2) is 0 Å². The molecule has 1 rings (SSSR count). The Morgan fingerprint density at radius 2 is 1.92 bits per heavy atom. The van der Waals surface area contributed by atoms with Crippen molar-refractivity contribution in [3.8, 4) is 5.75 Å². The minimum absolute atomic E-state index is 0.0830. The Hall–Kier alpha value is -0.0600. The van der Waals surface area contributed by atoms with Gasteiger partial charge in [0.25, 0.3) is 0 Å². The number of benzene rings is 1. The molecule has 0 heterocycles. The Bertz CT molecular complexity index is 287. The number of aromatic hydroxyl groups is 1. The maximum absolute atomic E-state index is 9.44. The summed E-state index contributed by atoms with van der Waals surface area (Å²) < 4.78 is 1.29. The number of phenols is 1. The van der Waals surface area contributed by atoms with Crippen LogP contribution in [0.5, 0.6) is 5.75 Å². The average molecular weight is 296 g/mol. The molecular weight excluding hydrogens is 288 g/mol. The van der Waals surface area contributed by atoms with Gasteiger partial charge < -0.3 is 10.2 Å². The molecule has 0 atom stereocenters.